The molecule has 0 aliphatic rings. The van der Waals surface area contributed by atoms with E-state index in [1.165, 1.54) is 22.3 Å². The minimum absolute atomic E-state index is 0.324. The first-order valence-corrected chi connectivity index (χ1v) is 7.63. The van der Waals surface area contributed by atoms with E-state index in [0.717, 1.165) is 12.2 Å². The zero-order valence-corrected chi connectivity index (χ0v) is 13.2. The summed E-state index contributed by atoms with van der Waals surface area (Å²) in [5.41, 5.74) is 11.2. The highest BCUT2D eigenvalue weighted by molar-refractivity contribution is 5.37. The Morgan fingerprint density at radius 1 is 1.05 bits per heavy atom. The smallest absolute Gasteiger partial charge is 0.122 e. The summed E-state index contributed by atoms with van der Waals surface area (Å²) >= 11 is 0. The molecule has 0 aliphatic heterocycles. The molecule has 2 nitrogen and oxygen atoms in total. The fourth-order valence-corrected chi connectivity index (χ4v) is 2.82. The van der Waals surface area contributed by atoms with Gasteiger partial charge in [-0.25, -0.2) is 0 Å². The van der Waals surface area contributed by atoms with Gasteiger partial charge in [0.25, 0.3) is 0 Å². The van der Waals surface area contributed by atoms with Gasteiger partial charge >= 0.3 is 0 Å². The summed E-state index contributed by atoms with van der Waals surface area (Å²) in [6.07, 6.45) is 0.912. The van der Waals surface area contributed by atoms with Gasteiger partial charge in [-0.15, -0.1) is 0 Å². The highest BCUT2D eigenvalue weighted by Crippen LogP contribution is 2.27. The van der Waals surface area contributed by atoms with E-state index in [1.807, 2.05) is 19.1 Å². The average Bonchev–Trinajstić information content (AvgIpc) is 2.45. The minimum atomic E-state index is 0.324. The normalized spacial score (nSPS) is 12.2. The van der Waals surface area contributed by atoms with Gasteiger partial charge in [0.15, 0.2) is 0 Å². The van der Waals surface area contributed by atoms with Gasteiger partial charge in [-0.1, -0.05) is 47.5 Å². The third-order valence-corrected chi connectivity index (χ3v) is 3.74. The number of ether oxygens (including phenoxy) is 1. The third-order valence-electron chi connectivity index (χ3n) is 3.74. The van der Waals surface area contributed by atoms with Crippen LogP contribution < -0.4 is 10.5 Å². The molecule has 0 radical (unpaired) electrons. The Hall–Kier alpha value is -1.80. The van der Waals surface area contributed by atoms with E-state index in [4.69, 9.17) is 10.5 Å². The number of hydrogen-bond donors (Lipinski definition) is 1. The average molecular weight is 283 g/mol. The molecule has 2 heteroatoms. The summed E-state index contributed by atoms with van der Waals surface area (Å²) in [7, 11) is 0. The van der Waals surface area contributed by atoms with Gasteiger partial charge in [-0.2, -0.15) is 0 Å². The molecule has 21 heavy (non-hydrogen) atoms. The molecule has 2 N–H and O–H groups in total. The van der Waals surface area contributed by atoms with Crippen molar-refractivity contribution in [2.45, 2.75) is 33.1 Å². The number of rotatable bonds is 6. The van der Waals surface area contributed by atoms with Crippen LogP contribution in [0.3, 0.4) is 0 Å². The molecule has 0 heterocycles. The molecule has 0 fully saturated rings. The lowest BCUT2D eigenvalue weighted by atomic mass is 9.90. The quantitative estimate of drug-likeness (QED) is 0.870. The first kappa shape index (κ1) is 15.6. The SMILES string of the molecule is CCOc1ccccc1CC(CN)c1cc(C)cc(C)c1. The predicted molar refractivity (Wildman–Crippen MR) is 89.0 cm³/mol. The van der Waals surface area contributed by atoms with Gasteiger partial charge in [0, 0.05) is 5.92 Å². The maximum absolute atomic E-state index is 6.04. The highest BCUT2D eigenvalue weighted by atomic mass is 16.5. The summed E-state index contributed by atoms with van der Waals surface area (Å²) < 4.78 is 5.72. The molecule has 1 atom stereocenters. The van der Waals surface area contributed by atoms with Crippen LogP contribution in [0.2, 0.25) is 0 Å². The van der Waals surface area contributed by atoms with Crippen molar-refractivity contribution < 1.29 is 4.74 Å². The Kier molecular flexibility index (Phi) is 5.40. The van der Waals surface area contributed by atoms with Gasteiger partial charge in [0.05, 0.1) is 6.61 Å². The van der Waals surface area contributed by atoms with Crippen LogP contribution in [-0.2, 0) is 6.42 Å². The molecule has 0 bridgehead atoms. The Morgan fingerprint density at radius 2 is 1.71 bits per heavy atom. The topological polar surface area (TPSA) is 35.2 Å². The Bertz CT molecular complexity index is 572. The Balaban J connectivity index is 2.27. The predicted octanol–water partition coefficient (Wildman–Crippen LogP) is 3.99. The van der Waals surface area contributed by atoms with Crippen molar-refractivity contribution in [2.75, 3.05) is 13.2 Å². The van der Waals surface area contributed by atoms with Crippen LogP contribution >= 0.6 is 0 Å². The van der Waals surface area contributed by atoms with Crippen LogP contribution in [0.5, 0.6) is 5.75 Å². The second-order valence-corrected chi connectivity index (χ2v) is 5.60. The molecule has 0 saturated carbocycles. The van der Waals surface area contributed by atoms with Crippen LogP contribution in [-0.4, -0.2) is 13.2 Å². The fourth-order valence-electron chi connectivity index (χ4n) is 2.82. The van der Waals surface area contributed by atoms with Crippen molar-refractivity contribution in [3.63, 3.8) is 0 Å². The second kappa shape index (κ2) is 7.28. The highest BCUT2D eigenvalue weighted by Gasteiger charge is 2.14. The number of hydrogen-bond acceptors (Lipinski definition) is 2. The number of para-hydroxylation sites is 1. The van der Waals surface area contributed by atoms with Crippen LogP contribution in [0.1, 0.15) is 35.1 Å². The van der Waals surface area contributed by atoms with E-state index >= 15 is 0 Å². The van der Waals surface area contributed by atoms with Crippen molar-refractivity contribution in [1.29, 1.82) is 0 Å². The van der Waals surface area contributed by atoms with Gasteiger partial charge < -0.3 is 10.5 Å². The fraction of sp³-hybridized carbons (Fsp3) is 0.368. The van der Waals surface area contributed by atoms with E-state index in [-0.39, 0.29) is 0 Å². The summed E-state index contributed by atoms with van der Waals surface area (Å²) in [6, 6.07) is 14.9. The molecular weight excluding hydrogens is 258 g/mol. The minimum Gasteiger partial charge on any atom is -0.494 e. The van der Waals surface area contributed by atoms with E-state index in [9.17, 15) is 0 Å². The van der Waals surface area contributed by atoms with Crippen molar-refractivity contribution >= 4 is 0 Å². The summed E-state index contributed by atoms with van der Waals surface area (Å²) in [5.74, 6) is 1.30. The maximum atomic E-state index is 6.04. The standard InChI is InChI=1S/C19H25NO/c1-4-21-19-8-6-5-7-16(19)12-18(13-20)17-10-14(2)9-15(3)11-17/h5-11,18H,4,12-13,20H2,1-3H3. The molecule has 0 aliphatic carbocycles. The van der Waals surface area contributed by atoms with E-state index in [0.29, 0.717) is 19.1 Å². The van der Waals surface area contributed by atoms with Crippen LogP contribution in [0.15, 0.2) is 42.5 Å². The van der Waals surface area contributed by atoms with Crippen LogP contribution in [0.25, 0.3) is 0 Å². The monoisotopic (exact) mass is 283 g/mol. The number of nitrogens with two attached hydrogens (primary N) is 1. The van der Waals surface area contributed by atoms with Gasteiger partial charge in [-0.3, -0.25) is 0 Å². The van der Waals surface area contributed by atoms with E-state index in [1.54, 1.807) is 0 Å². The molecule has 2 aromatic carbocycles. The van der Waals surface area contributed by atoms with Crippen LogP contribution in [0.4, 0.5) is 0 Å². The van der Waals surface area contributed by atoms with Gasteiger partial charge in [0.2, 0.25) is 0 Å². The largest absolute Gasteiger partial charge is 0.494 e. The molecule has 2 aromatic rings. The lowest BCUT2D eigenvalue weighted by Crippen LogP contribution is -2.16. The number of aryl methyl sites for hydroxylation is 2. The van der Waals surface area contributed by atoms with Crippen molar-refractivity contribution in [3.8, 4) is 5.75 Å². The molecule has 2 rings (SSSR count). The van der Waals surface area contributed by atoms with Crippen LogP contribution in [0, 0.1) is 13.8 Å². The molecular formula is C19H25NO. The van der Waals surface area contributed by atoms with Gasteiger partial charge in [0.1, 0.15) is 5.75 Å². The lowest BCUT2D eigenvalue weighted by Gasteiger charge is -2.19. The first-order chi connectivity index (χ1) is 10.1. The maximum Gasteiger partial charge on any atom is 0.122 e. The summed E-state index contributed by atoms with van der Waals surface area (Å²) in [4.78, 5) is 0. The molecule has 0 aromatic heterocycles. The lowest BCUT2D eigenvalue weighted by molar-refractivity contribution is 0.335. The second-order valence-electron chi connectivity index (χ2n) is 5.60. The zero-order valence-electron chi connectivity index (χ0n) is 13.2. The molecule has 1 unspecified atom stereocenters. The summed E-state index contributed by atoms with van der Waals surface area (Å²) in [5, 5.41) is 0. The first-order valence-electron chi connectivity index (χ1n) is 7.63. The molecule has 0 saturated heterocycles. The molecule has 0 spiro atoms. The van der Waals surface area contributed by atoms with E-state index in [2.05, 4.69) is 44.2 Å². The molecule has 112 valence electrons. The van der Waals surface area contributed by atoms with Gasteiger partial charge in [-0.05, 0) is 50.9 Å². The summed E-state index contributed by atoms with van der Waals surface area (Å²) in [6.45, 7) is 7.62. The number of benzene rings is 2. The van der Waals surface area contributed by atoms with Crippen molar-refractivity contribution in [1.82, 2.24) is 0 Å². The van der Waals surface area contributed by atoms with Crippen molar-refractivity contribution in [3.05, 3.63) is 64.7 Å². The van der Waals surface area contributed by atoms with E-state index < -0.39 is 0 Å². The Labute approximate surface area is 127 Å². The zero-order chi connectivity index (χ0) is 15.2. The third kappa shape index (κ3) is 4.08. The van der Waals surface area contributed by atoms with Crippen molar-refractivity contribution in [2.24, 2.45) is 5.73 Å². The molecule has 0 amide bonds. The Morgan fingerprint density at radius 3 is 2.33 bits per heavy atom.